The Morgan fingerprint density at radius 2 is 2.19 bits per heavy atom. The van der Waals surface area contributed by atoms with Crippen LogP contribution in [-0.2, 0) is 10.2 Å². The molecule has 1 aromatic rings. The van der Waals surface area contributed by atoms with Crippen molar-refractivity contribution < 1.29 is 9.53 Å². The molecule has 0 bridgehead atoms. The summed E-state index contributed by atoms with van der Waals surface area (Å²) in [4.78, 5) is 14.2. The van der Waals surface area contributed by atoms with Crippen molar-refractivity contribution in [3.05, 3.63) is 21.9 Å². The summed E-state index contributed by atoms with van der Waals surface area (Å²) in [5, 5.41) is 0. The molecule has 0 radical (unpaired) electrons. The zero-order chi connectivity index (χ0) is 11.8. The molecule has 2 rings (SSSR count). The number of Topliss-reactive ketones (excluding diaryl/α,β-unsaturated/α-hetero) is 1. The zero-order valence-corrected chi connectivity index (χ0v) is 10.9. The summed E-state index contributed by atoms with van der Waals surface area (Å²) in [5.74, 6) is 0.165. The molecule has 0 aromatic carbocycles. The number of thiophene rings is 1. The molecule has 16 heavy (non-hydrogen) atoms. The lowest BCUT2D eigenvalue weighted by atomic mass is 9.95. The fourth-order valence-electron chi connectivity index (χ4n) is 1.82. The highest BCUT2D eigenvalue weighted by Crippen LogP contribution is 2.31. The van der Waals surface area contributed by atoms with Gasteiger partial charge in [0.1, 0.15) is 6.10 Å². The van der Waals surface area contributed by atoms with Gasteiger partial charge in [-0.2, -0.15) is 0 Å². The standard InChI is InChI=1S/C13H18O2S/c1-13(2,3)11-7-6-10(16-11)12(14)9-5-4-8-15-9/h6-7,9H,4-5,8H2,1-3H3. The smallest absolute Gasteiger partial charge is 0.201 e. The van der Waals surface area contributed by atoms with Crippen LogP contribution in [0.1, 0.15) is 48.2 Å². The molecule has 3 heteroatoms. The summed E-state index contributed by atoms with van der Waals surface area (Å²) < 4.78 is 5.42. The van der Waals surface area contributed by atoms with Gasteiger partial charge in [0.2, 0.25) is 5.78 Å². The van der Waals surface area contributed by atoms with Crippen molar-refractivity contribution in [3.8, 4) is 0 Å². The molecule has 0 N–H and O–H groups in total. The Labute approximate surface area is 101 Å². The molecule has 0 aliphatic carbocycles. The highest BCUT2D eigenvalue weighted by Gasteiger charge is 2.27. The van der Waals surface area contributed by atoms with Crippen LogP contribution in [0.25, 0.3) is 0 Å². The quantitative estimate of drug-likeness (QED) is 0.738. The van der Waals surface area contributed by atoms with Gasteiger partial charge in [0, 0.05) is 11.5 Å². The molecule has 88 valence electrons. The van der Waals surface area contributed by atoms with Gasteiger partial charge in [0.05, 0.1) is 4.88 Å². The van der Waals surface area contributed by atoms with Crippen LogP contribution in [0, 0.1) is 0 Å². The van der Waals surface area contributed by atoms with Crippen molar-refractivity contribution >= 4 is 17.1 Å². The normalized spacial score (nSPS) is 21.3. The third-order valence-corrected chi connectivity index (χ3v) is 4.34. The first-order valence-electron chi connectivity index (χ1n) is 5.74. The van der Waals surface area contributed by atoms with Gasteiger partial charge in [0.15, 0.2) is 0 Å². The molecule has 1 aliphatic heterocycles. The van der Waals surface area contributed by atoms with Crippen LogP contribution in [0.5, 0.6) is 0 Å². The maximum Gasteiger partial charge on any atom is 0.201 e. The molecule has 1 fully saturated rings. The summed E-state index contributed by atoms with van der Waals surface area (Å²) in [6, 6.07) is 4.00. The molecule has 1 atom stereocenters. The number of hydrogen-bond donors (Lipinski definition) is 0. The zero-order valence-electron chi connectivity index (χ0n) is 10.1. The van der Waals surface area contributed by atoms with Crippen molar-refractivity contribution in [2.45, 2.75) is 45.1 Å². The minimum Gasteiger partial charge on any atom is -0.370 e. The van der Waals surface area contributed by atoms with E-state index in [4.69, 9.17) is 4.74 Å². The van der Waals surface area contributed by atoms with E-state index in [1.54, 1.807) is 11.3 Å². The Hall–Kier alpha value is -0.670. The third kappa shape index (κ3) is 2.36. The topological polar surface area (TPSA) is 26.3 Å². The van der Waals surface area contributed by atoms with E-state index >= 15 is 0 Å². The van der Waals surface area contributed by atoms with Crippen LogP contribution in [0.15, 0.2) is 12.1 Å². The van der Waals surface area contributed by atoms with Gasteiger partial charge in [-0.15, -0.1) is 11.3 Å². The number of rotatable bonds is 2. The maximum atomic E-state index is 12.1. The van der Waals surface area contributed by atoms with Crippen molar-refractivity contribution in [3.63, 3.8) is 0 Å². The molecule has 2 heterocycles. The lowest BCUT2D eigenvalue weighted by Crippen LogP contribution is -2.18. The van der Waals surface area contributed by atoms with Crippen molar-refractivity contribution in [1.82, 2.24) is 0 Å². The van der Waals surface area contributed by atoms with Gasteiger partial charge in [-0.1, -0.05) is 20.8 Å². The Balaban J connectivity index is 2.15. The molecule has 0 spiro atoms. The summed E-state index contributed by atoms with van der Waals surface area (Å²) in [7, 11) is 0. The molecular weight excluding hydrogens is 220 g/mol. The van der Waals surface area contributed by atoms with E-state index in [0.29, 0.717) is 0 Å². The van der Waals surface area contributed by atoms with E-state index in [1.165, 1.54) is 4.88 Å². The Morgan fingerprint density at radius 3 is 2.69 bits per heavy atom. The van der Waals surface area contributed by atoms with Crippen molar-refractivity contribution in [1.29, 1.82) is 0 Å². The van der Waals surface area contributed by atoms with Gasteiger partial charge in [-0.05, 0) is 30.4 Å². The average Bonchev–Trinajstić information content (AvgIpc) is 2.87. The van der Waals surface area contributed by atoms with Crippen LogP contribution >= 0.6 is 11.3 Å². The highest BCUT2D eigenvalue weighted by molar-refractivity contribution is 7.14. The fraction of sp³-hybridized carbons (Fsp3) is 0.615. The molecular formula is C13H18O2S. The van der Waals surface area contributed by atoms with Crippen LogP contribution in [0.3, 0.4) is 0 Å². The minimum absolute atomic E-state index is 0.125. The summed E-state index contributed by atoms with van der Waals surface area (Å²) in [5.41, 5.74) is 0.125. The molecule has 1 aromatic heterocycles. The van der Waals surface area contributed by atoms with E-state index in [9.17, 15) is 4.79 Å². The largest absolute Gasteiger partial charge is 0.370 e. The summed E-state index contributed by atoms with van der Waals surface area (Å²) in [6.45, 7) is 7.23. The lowest BCUT2D eigenvalue weighted by molar-refractivity contribution is 0.0647. The van der Waals surface area contributed by atoms with Gasteiger partial charge in [0.25, 0.3) is 0 Å². The molecule has 2 nitrogen and oxygen atoms in total. The number of carbonyl (C=O) groups excluding carboxylic acids is 1. The lowest BCUT2D eigenvalue weighted by Gasteiger charge is -2.15. The van der Waals surface area contributed by atoms with E-state index in [1.807, 2.05) is 6.07 Å². The third-order valence-electron chi connectivity index (χ3n) is 2.81. The number of carbonyl (C=O) groups is 1. The Morgan fingerprint density at radius 1 is 1.44 bits per heavy atom. The maximum absolute atomic E-state index is 12.1. The second-order valence-corrected chi connectivity index (χ2v) is 6.36. The van der Waals surface area contributed by atoms with Crippen LogP contribution < -0.4 is 0 Å². The molecule has 1 unspecified atom stereocenters. The molecule has 0 saturated carbocycles. The first kappa shape index (κ1) is 11.8. The minimum atomic E-state index is -0.188. The Kier molecular flexibility index (Phi) is 3.17. The second kappa shape index (κ2) is 4.30. The Bertz CT molecular complexity index is 381. The van der Waals surface area contributed by atoms with Crippen molar-refractivity contribution in [2.75, 3.05) is 6.61 Å². The van der Waals surface area contributed by atoms with Gasteiger partial charge < -0.3 is 4.74 Å². The fourth-order valence-corrected chi connectivity index (χ4v) is 2.86. The number of ether oxygens (including phenoxy) is 1. The summed E-state index contributed by atoms with van der Waals surface area (Å²) in [6.07, 6.45) is 1.70. The first-order chi connectivity index (χ1) is 7.48. The average molecular weight is 238 g/mol. The SMILES string of the molecule is CC(C)(C)c1ccc(C(=O)C2CCCO2)s1. The predicted molar refractivity (Wildman–Crippen MR) is 66.3 cm³/mol. The predicted octanol–water partition coefficient (Wildman–Crippen LogP) is 3.41. The molecule has 0 amide bonds. The first-order valence-corrected chi connectivity index (χ1v) is 6.56. The monoisotopic (exact) mass is 238 g/mol. The van der Waals surface area contributed by atoms with Crippen LogP contribution in [0.2, 0.25) is 0 Å². The molecule has 1 saturated heterocycles. The van der Waals surface area contributed by atoms with Crippen LogP contribution in [0.4, 0.5) is 0 Å². The van der Waals surface area contributed by atoms with Gasteiger partial charge in [-0.25, -0.2) is 0 Å². The van der Waals surface area contributed by atoms with E-state index < -0.39 is 0 Å². The van der Waals surface area contributed by atoms with Gasteiger partial charge >= 0.3 is 0 Å². The van der Waals surface area contributed by atoms with E-state index in [2.05, 4.69) is 26.8 Å². The van der Waals surface area contributed by atoms with Crippen molar-refractivity contribution in [2.24, 2.45) is 0 Å². The second-order valence-electron chi connectivity index (χ2n) is 5.28. The number of hydrogen-bond acceptors (Lipinski definition) is 3. The van der Waals surface area contributed by atoms with E-state index in [0.717, 1.165) is 24.3 Å². The van der Waals surface area contributed by atoms with Gasteiger partial charge in [-0.3, -0.25) is 4.79 Å². The summed E-state index contributed by atoms with van der Waals surface area (Å²) >= 11 is 1.61. The molecule has 1 aliphatic rings. The highest BCUT2D eigenvalue weighted by atomic mass is 32.1. The van der Waals surface area contributed by atoms with E-state index in [-0.39, 0.29) is 17.3 Å². The number of ketones is 1. The van der Waals surface area contributed by atoms with Crippen LogP contribution in [-0.4, -0.2) is 18.5 Å².